The molecular weight excluding hydrogens is 707 g/mol. The molecule has 0 bridgehead atoms. The van der Waals surface area contributed by atoms with Crippen LogP contribution in [0.2, 0.25) is 0 Å². The summed E-state index contributed by atoms with van der Waals surface area (Å²) in [6.45, 7) is 12.9. The third-order valence-electron chi connectivity index (χ3n) is 8.80. The van der Waals surface area contributed by atoms with Gasteiger partial charge in [-0.05, 0) is 63.6 Å². The van der Waals surface area contributed by atoms with Crippen LogP contribution in [-0.2, 0) is 15.7 Å². The van der Waals surface area contributed by atoms with Gasteiger partial charge in [-0.3, -0.25) is 9.69 Å². The third-order valence-corrected chi connectivity index (χ3v) is 8.80. The van der Waals surface area contributed by atoms with E-state index in [1.54, 1.807) is 49.9 Å². The Balaban J connectivity index is 1.14. The van der Waals surface area contributed by atoms with Crippen LogP contribution in [0, 0.1) is 6.92 Å². The lowest BCUT2D eigenvalue weighted by molar-refractivity contribution is -0.137. The van der Waals surface area contributed by atoms with Gasteiger partial charge >= 0.3 is 12.3 Å². The monoisotopic (exact) mass is 751 g/mol. The molecule has 2 fully saturated rings. The average molecular weight is 752 g/mol. The standard InChI is InChI=1S/C36H44F3N11O4/c1-24-5-6-27(20-29(24)46-33-43-23-44-50(33)31-21-30(41-22-42-31)40-7-8-47-13-15-53-16-14-47)45-32(51)25-17-26(36(37,38)39)19-28(18-25)48-9-11-49(12-10-48)34(52)54-35(2,3)4/h5-6,17-23H,7-16H2,1-4H3,(H,45,51)(H,40,41,42)(H,43,44,46). The number of nitrogens with zero attached hydrogens (tertiary/aromatic N) is 8. The summed E-state index contributed by atoms with van der Waals surface area (Å²) in [6, 6.07) is 10.1. The van der Waals surface area contributed by atoms with Gasteiger partial charge in [0.25, 0.3) is 5.91 Å². The van der Waals surface area contributed by atoms with Crippen LogP contribution < -0.4 is 20.9 Å². The summed E-state index contributed by atoms with van der Waals surface area (Å²) in [7, 11) is 0. The molecular formula is C36H44F3N11O4. The van der Waals surface area contributed by atoms with E-state index in [2.05, 4.69) is 40.9 Å². The molecule has 15 nitrogen and oxygen atoms in total. The van der Waals surface area contributed by atoms with Crippen LogP contribution >= 0.6 is 0 Å². The van der Waals surface area contributed by atoms with Crippen molar-refractivity contribution in [3.8, 4) is 5.82 Å². The van der Waals surface area contributed by atoms with Crippen molar-refractivity contribution < 1.29 is 32.2 Å². The molecule has 0 aliphatic carbocycles. The van der Waals surface area contributed by atoms with E-state index >= 15 is 0 Å². The second-order valence-corrected chi connectivity index (χ2v) is 14.0. The second-order valence-electron chi connectivity index (χ2n) is 14.0. The largest absolute Gasteiger partial charge is 0.444 e. The summed E-state index contributed by atoms with van der Waals surface area (Å²) in [4.78, 5) is 44.6. The second kappa shape index (κ2) is 16.3. The number of benzene rings is 2. The maximum atomic E-state index is 14.1. The molecule has 0 spiro atoms. The van der Waals surface area contributed by atoms with Crippen molar-refractivity contribution in [3.63, 3.8) is 0 Å². The number of alkyl halides is 3. The number of aromatic nitrogens is 5. The number of morpholine rings is 1. The lowest BCUT2D eigenvalue weighted by Gasteiger charge is -2.37. The number of carbonyl (C=O) groups excluding carboxylic acids is 2. The number of ether oxygens (including phenoxy) is 2. The molecule has 2 aromatic heterocycles. The van der Waals surface area contributed by atoms with Gasteiger partial charge in [0.15, 0.2) is 5.82 Å². The van der Waals surface area contributed by atoms with E-state index in [-0.39, 0.29) is 37.4 Å². The minimum Gasteiger partial charge on any atom is -0.444 e. The third kappa shape index (κ3) is 9.93. The lowest BCUT2D eigenvalue weighted by Crippen LogP contribution is -2.50. The van der Waals surface area contributed by atoms with Gasteiger partial charge in [-0.15, -0.1) is 0 Å². The molecule has 2 aromatic carbocycles. The first-order valence-corrected chi connectivity index (χ1v) is 17.6. The molecule has 288 valence electrons. The highest BCUT2D eigenvalue weighted by Gasteiger charge is 2.33. The van der Waals surface area contributed by atoms with Crippen LogP contribution in [0.15, 0.2) is 55.1 Å². The number of rotatable bonds is 10. The average Bonchev–Trinajstić information content (AvgIpc) is 3.60. The van der Waals surface area contributed by atoms with Crippen LogP contribution in [0.4, 0.5) is 46.8 Å². The number of aryl methyl sites for hydroxylation is 1. The number of nitrogens with one attached hydrogen (secondary N) is 3. The Labute approximate surface area is 310 Å². The van der Waals surface area contributed by atoms with E-state index in [9.17, 15) is 22.8 Å². The first-order chi connectivity index (χ1) is 25.7. The van der Waals surface area contributed by atoms with Crippen LogP contribution in [-0.4, -0.2) is 118 Å². The molecule has 2 aliphatic rings. The lowest BCUT2D eigenvalue weighted by atomic mass is 10.1. The van der Waals surface area contributed by atoms with Crippen LogP contribution in [0.3, 0.4) is 0 Å². The number of hydrogen-bond acceptors (Lipinski definition) is 12. The van der Waals surface area contributed by atoms with E-state index in [0.717, 1.165) is 50.5 Å². The van der Waals surface area contributed by atoms with Crippen LogP contribution in [0.5, 0.6) is 0 Å². The highest BCUT2D eigenvalue weighted by molar-refractivity contribution is 6.05. The molecule has 2 saturated heterocycles. The van der Waals surface area contributed by atoms with Crippen molar-refractivity contribution >= 4 is 40.8 Å². The smallest absolute Gasteiger partial charge is 0.416 e. The molecule has 18 heteroatoms. The number of halogens is 3. The zero-order chi connectivity index (χ0) is 38.5. The molecule has 4 heterocycles. The number of piperazine rings is 1. The SMILES string of the molecule is Cc1ccc(NC(=O)c2cc(N3CCN(C(=O)OC(C)(C)C)CC3)cc(C(F)(F)F)c2)cc1Nc1ncnn1-c1cc(NCCN2CCOCC2)ncn1. The summed E-state index contributed by atoms with van der Waals surface area (Å²) in [5.74, 6) is 0.708. The van der Waals surface area contributed by atoms with Crippen molar-refractivity contribution in [1.29, 1.82) is 0 Å². The van der Waals surface area contributed by atoms with Gasteiger partial charge in [-0.2, -0.15) is 27.9 Å². The minimum absolute atomic E-state index is 0.164. The number of hydrogen-bond donors (Lipinski definition) is 3. The zero-order valence-electron chi connectivity index (χ0n) is 30.6. The van der Waals surface area contributed by atoms with Gasteiger partial charge < -0.3 is 35.2 Å². The predicted molar refractivity (Wildman–Crippen MR) is 197 cm³/mol. The normalized spacial score (nSPS) is 15.5. The van der Waals surface area contributed by atoms with Gasteiger partial charge in [-0.25, -0.2) is 14.8 Å². The van der Waals surface area contributed by atoms with E-state index < -0.39 is 29.3 Å². The maximum absolute atomic E-state index is 14.1. The maximum Gasteiger partial charge on any atom is 0.416 e. The topological polar surface area (TPSA) is 155 Å². The quantitative estimate of drug-likeness (QED) is 0.196. The Morgan fingerprint density at radius 1 is 0.907 bits per heavy atom. The predicted octanol–water partition coefficient (Wildman–Crippen LogP) is 5.18. The number of anilines is 5. The molecule has 4 aromatic rings. The Bertz CT molecular complexity index is 1940. The van der Waals surface area contributed by atoms with Crippen molar-refractivity contribution in [3.05, 3.63) is 71.8 Å². The van der Waals surface area contributed by atoms with Gasteiger partial charge in [0, 0.05) is 81.1 Å². The van der Waals surface area contributed by atoms with E-state index in [1.165, 1.54) is 28.3 Å². The molecule has 2 amide bonds. The highest BCUT2D eigenvalue weighted by atomic mass is 19.4. The molecule has 0 unspecified atom stereocenters. The molecule has 54 heavy (non-hydrogen) atoms. The summed E-state index contributed by atoms with van der Waals surface area (Å²) >= 11 is 0. The van der Waals surface area contributed by atoms with Gasteiger partial charge in [0.05, 0.1) is 18.8 Å². The minimum atomic E-state index is -4.69. The van der Waals surface area contributed by atoms with Crippen molar-refractivity contribution in [2.45, 2.75) is 39.5 Å². The Morgan fingerprint density at radius 3 is 2.39 bits per heavy atom. The van der Waals surface area contributed by atoms with Gasteiger partial charge in [0.1, 0.15) is 24.1 Å². The summed E-state index contributed by atoms with van der Waals surface area (Å²) < 4.78 is 54.5. The fourth-order valence-electron chi connectivity index (χ4n) is 5.94. The number of carbonyl (C=O) groups is 2. The van der Waals surface area contributed by atoms with Crippen molar-refractivity contribution in [1.82, 2.24) is 34.5 Å². The molecule has 2 aliphatic heterocycles. The first kappa shape index (κ1) is 38.2. The highest BCUT2D eigenvalue weighted by Crippen LogP contribution is 2.34. The summed E-state index contributed by atoms with van der Waals surface area (Å²) in [6.07, 6.45) is -2.37. The van der Waals surface area contributed by atoms with Crippen LogP contribution in [0.1, 0.15) is 42.3 Å². The fraction of sp³-hybridized carbons (Fsp3) is 0.444. The number of amides is 2. The Morgan fingerprint density at radius 2 is 1.67 bits per heavy atom. The zero-order valence-corrected chi connectivity index (χ0v) is 30.6. The Kier molecular flexibility index (Phi) is 11.5. The molecule has 6 rings (SSSR count). The van der Waals surface area contributed by atoms with E-state index in [4.69, 9.17) is 9.47 Å². The summed E-state index contributed by atoms with van der Waals surface area (Å²) in [5.41, 5.74) is 0.166. The fourth-order valence-corrected chi connectivity index (χ4v) is 5.94. The molecule has 0 radical (unpaired) electrons. The summed E-state index contributed by atoms with van der Waals surface area (Å²) in [5, 5.41) is 13.6. The van der Waals surface area contributed by atoms with Crippen molar-refractivity contribution in [2.75, 3.05) is 86.4 Å². The van der Waals surface area contributed by atoms with Crippen molar-refractivity contribution in [2.24, 2.45) is 0 Å². The Hall–Kier alpha value is -5.49. The molecule has 0 saturated carbocycles. The van der Waals surface area contributed by atoms with E-state index in [1.807, 2.05) is 6.92 Å². The molecule has 3 N–H and O–H groups in total. The first-order valence-electron chi connectivity index (χ1n) is 17.6. The van der Waals surface area contributed by atoms with Gasteiger partial charge in [0.2, 0.25) is 5.95 Å². The van der Waals surface area contributed by atoms with Gasteiger partial charge in [-0.1, -0.05) is 6.07 Å². The van der Waals surface area contributed by atoms with E-state index in [0.29, 0.717) is 35.5 Å². The molecule has 0 atom stereocenters. The van der Waals surface area contributed by atoms with Crippen LogP contribution in [0.25, 0.3) is 5.82 Å².